The van der Waals surface area contributed by atoms with Crippen LogP contribution in [0.1, 0.15) is 53.9 Å². The monoisotopic (exact) mass is 265 g/mol. The van der Waals surface area contributed by atoms with Gasteiger partial charge in [0.05, 0.1) is 11.7 Å². The summed E-state index contributed by atoms with van der Waals surface area (Å²) >= 11 is 0. The van der Waals surface area contributed by atoms with Gasteiger partial charge in [-0.15, -0.1) is 0 Å². The second-order valence-electron chi connectivity index (χ2n) is 8.13. The Morgan fingerprint density at radius 1 is 1.26 bits per heavy atom. The van der Waals surface area contributed by atoms with Crippen molar-refractivity contribution < 1.29 is 9.31 Å². The highest BCUT2D eigenvalue weighted by Gasteiger charge is 2.68. The van der Waals surface area contributed by atoms with Crippen molar-refractivity contribution in [3.8, 4) is 0 Å². The maximum absolute atomic E-state index is 6.35. The van der Waals surface area contributed by atoms with Gasteiger partial charge in [0.1, 0.15) is 0 Å². The lowest BCUT2D eigenvalue weighted by atomic mass is 9.43. The van der Waals surface area contributed by atoms with Crippen molar-refractivity contribution in [2.75, 3.05) is 0 Å². The summed E-state index contributed by atoms with van der Waals surface area (Å²) in [5.41, 5.74) is 6.56. The van der Waals surface area contributed by atoms with Gasteiger partial charge in [0.15, 0.2) is 0 Å². The Hall–Kier alpha value is -0.0551. The van der Waals surface area contributed by atoms with Crippen molar-refractivity contribution in [2.45, 2.75) is 71.5 Å². The summed E-state index contributed by atoms with van der Waals surface area (Å²) in [5, 5.41) is 0. The molecule has 3 nitrogen and oxygen atoms in total. The zero-order valence-electron chi connectivity index (χ0n) is 13.0. The maximum Gasteiger partial charge on any atom is 0.475 e. The third-order valence-electron chi connectivity index (χ3n) is 6.06. The van der Waals surface area contributed by atoms with Gasteiger partial charge in [-0.3, -0.25) is 0 Å². The highest BCUT2D eigenvalue weighted by atomic mass is 16.7. The Kier molecular flexibility index (Phi) is 3.09. The average molecular weight is 265 g/mol. The van der Waals surface area contributed by atoms with Crippen LogP contribution in [0.2, 0.25) is 0 Å². The molecular weight excluding hydrogens is 237 g/mol. The summed E-state index contributed by atoms with van der Waals surface area (Å²) in [5.74, 6) is 2.02. The van der Waals surface area contributed by atoms with Gasteiger partial charge in [-0.1, -0.05) is 27.7 Å². The summed E-state index contributed by atoms with van der Waals surface area (Å²) in [6.45, 7) is 11.4. The molecule has 4 aliphatic rings. The van der Waals surface area contributed by atoms with Crippen LogP contribution in [0.25, 0.3) is 0 Å². The third kappa shape index (κ3) is 1.90. The van der Waals surface area contributed by atoms with E-state index in [2.05, 4.69) is 34.6 Å². The fraction of sp³-hybridized carbons (Fsp3) is 1.00. The minimum Gasteiger partial charge on any atom is -0.404 e. The summed E-state index contributed by atoms with van der Waals surface area (Å²) in [6.07, 6.45) is 3.67. The molecule has 3 saturated carbocycles. The van der Waals surface area contributed by atoms with Crippen LogP contribution in [-0.4, -0.2) is 24.8 Å². The SMILES string of the molecule is CC(C)C[C@H](N)B1OC2C[C@@H]3CC(C3(C)C)[C@]2(C)O1. The van der Waals surface area contributed by atoms with Gasteiger partial charge in [-0.2, -0.15) is 0 Å². The number of nitrogens with two attached hydrogens (primary N) is 1. The Balaban J connectivity index is 1.74. The average Bonchev–Trinajstić information content (AvgIpc) is 2.64. The van der Waals surface area contributed by atoms with Crippen LogP contribution in [0.4, 0.5) is 0 Å². The van der Waals surface area contributed by atoms with E-state index in [0.29, 0.717) is 17.3 Å². The van der Waals surface area contributed by atoms with E-state index in [1.165, 1.54) is 6.42 Å². The van der Waals surface area contributed by atoms with Crippen molar-refractivity contribution in [3.05, 3.63) is 0 Å². The van der Waals surface area contributed by atoms with E-state index in [0.717, 1.165) is 18.8 Å². The van der Waals surface area contributed by atoms with Crippen molar-refractivity contribution in [1.82, 2.24) is 0 Å². The Labute approximate surface area is 117 Å². The molecular formula is C15H28BNO2. The standard InChI is InChI=1S/C15H28BNO2/c1-9(2)6-13(17)16-18-12-8-10-7-11(14(10,3)4)15(12,5)19-16/h9-13H,6-8,17H2,1-5H3/t10-,11?,12?,13-,15-/m0/s1. The minimum atomic E-state index is -0.201. The van der Waals surface area contributed by atoms with Crippen molar-refractivity contribution in [1.29, 1.82) is 0 Å². The lowest BCUT2D eigenvalue weighted by Crippen LogP contribution is -2.65. The summed E-state index contributed by atoms with van der Waals surface area (Å²) < 4.78 is 12.5. The molecule has 0 aromatic rings. The first-order valence-corrected chi connectivity index (χ1v) is 7.84. The van der Waals surface area contributed by atoms with Gasteiger partial charge in [0, 0.05) is 5.94 Å². The molecule has 1 saturated heterocycles. The van der Waals surface area contributed by atoms with Crippen LogP contribution < -0.4 is 5.73 Å². The van der Waals surface area contributed by atoms with E-state index < -0.39 is 0 Å². The molecule has 4 fully saturated rings. The lowest BCUT2D eigenvalue weighted by Gasteiger charge is -2.64. The van der Waals surface area contributed by atoms with E-state index >= 15 is 0 Å². The van der Waals surface area contributed by atoms with Gasteiger partial charge < -0.3 is 15.0 Å². The van der Waals surface area contributed by atoms with Crippen molar-refractivity contribution in [2.24, 2.45) is 28.9 Å². The van der Waals surface area contributed by atoms with E-state index in [1.807, 2.05) is 0 Å². The predicted molar refractivity (Wildman–Crippen MR) is 77.5 cm³/mol. The Morgan fingerprint density at radius 2 is 1.95 bits per heavy atom. The summed E-state index contributed by atoms with van der Waals surface area (Å²) in [4.78, 5) is 0. The van der Waals surface area contributed by atoms with Crippen LogP contribution in [0, 0.1) is 23.2 Å². The van der Waals surface area contributed by atoms with Crippen LogP contribution >= 0.6 is 0 Å². The molecule has 0 spiro atoms. The van der Waals surface area contributed by atoms with Gasteiger partial charge in [0.2, 0.25) is 0 Å². The van der Waals surface area contributed by atoms with E-state index in [1.54, 1.807) is 0 Å². The molecule has 1 heterocycles. The Morgan fingerprint density at radius 3 is 2.53 bits per heavy atom. The van der Waals surface area contributed by atoms with Gasteiger partial charge >= 0.3 is 7.12 Å². The quantitative estimate of drug-likeness (QED) is 0.798. The fourth-order valence-corrected chi connectivity index (χ4v) is 4.74. The highest BCUT2D eigenvalue weighted by Crippen LogP contribution is 2.65. The zero-order chi connectivity index (χ0) is 14.0. The maximum atomic E-state index is 6.35. The van der Waals surface area contributed by atoms with Crippen LogP contribution in [-0.2, 0) is 9.31 Å². The molecule has 4 rings (SSSR count). The molecule has 5 atom stereocenters. The second-order valence-corrected chi connectivity index (χ2v) is 8.13. The molecule has 0 aromatic carbocycles. The largest absolute Gasteiger partial charge is 0.475 e. The highest BCUT2D eigenvalue weighted by molar-refractivity contribution is 6.47. The molecule has 0 aromatic heterocycles. The molecule has 19 heavy (non-hydrogen) atoms. The first kappa shape index (κ1) is 13.9. The molecule has 1 aliphatic heterocycles. The first-order valence-electron chi connectivity index (χ1n) is 7.84. The molecule has 0 amide bonds. The Bertz CT molecular complexity index is 373. The molecule has 4 heteroatoms. The van der Waals surface area contributed by atoms with Crippen LogP contribution in [0.15, 0.2) is 0 Å². The first-order chi connectivity index (χ1) is 8.75. The minimum absolute atomic E-state index is 0.00253. The van der Waals surface area contributed by atoms with Crippen molar-refractivity contribution >= 4 is 7.12 Å². The normalized spacial score (nSPS) is 45.0. The lowest BCUT2D eigenvalue weighted by molar-refractivity contribution is -0.199. The number of hydrogen-bond donors (Lipinski definition) is 1. The topological polar surface area (TPSA) is 44.5 Å². The summed E-state index contributed by atoms with van der Waals surface area (Å²) in [6, 6.07) is 0. The number of rotatable bonds is 3. The third-order valence-corrected chi connectivity index (χ3v) is 6.06. The number of hydrogen-bond acceptors (Lipinski definition) is 3. The predicted octanol–water partition coefficient (Wildman–Crippen LogP) is 2.63. The van der Waals surface area contributed by atoms with Crippen LogP contribution in [0.5, 0.6) is 0 Å². The van der Waals surface area contributed by atoms with Crippen molar-refractivity contribution in [3.63, 3.8) is 0 Å². The summed E-state index contributed by atoms with van der Waals surface area (Å²) in [7, 11) is -0.201. The second kappa shape index (κ2) is 4.22. The van der Waals surface area contributed by atoms with Gasteiger partial charge in [0.25, 0.3) is 0 Å². The van der Waals surface area contributed by atoms with E-state index in [9.17, 15) is 0 Å². The molecule has 2 N–H and O–H groups in total. The van der Waals surface area contributed by atoms with E-state index in [4.69, 9.17) is 15.0 Å². The van der Waals surface area contributed by atoms with Gasteiger partial charge in [-0.25, -0.2) is 0 Å². The zero-order valence-corrected chi connectivity index (χ0v) is 13.0. The fourth-order valence-electron chi connectivity index (χ4n) is 4.74. The molecule has 2 unspecified atom stereocenters. The smallest absolute Gasteiger partial charge is 0.404 e. The molecule has 3 aliphatic carbocycles. The van der Waals surface area contributed by atoms with E-state index in [-0.39, 0.29) is 24.8 Å². The molecule has 108 valence electrons. The molecule has 2 bridgehead atoms. The van der Waals surface area contributed by atoms with Gasteiger partial charge in [-0.05, 0) is 49.4 Å². The molecule has 0 radical (unpaired) electrons. The van der Waals surface area contributed by atoms with Crippen LogP contribution in [0.3, 0.4) is 0 Å².